The lowest BCUT2D eigenvalue weighted by Crippen LogP contribution is -2.61. The first-order valence-electron chi connectivity index (χ1n) is 15.1. The van der Waals surface area contributed by atoms with E-state index in [1.807, 2.05) is 41.1 Å². The number of nitrogens with zero attached hydrogens (tertiary/aromatic N) is 2. The van der Waals surface area contributed by atoms with Crippen LogP contribution in [0.15, 0.2) is 78.4 Å². The van der Waals surface area contributed by atoms with Gasteiger partial charge in [0.2, 0.25) is 5.91 Å². The van der Waals surface area contributed by atoms with Crippen LogP contribution in [0.4, 0.5) is 0 Å². The van der Waals surface area contributed by atoms with E-state index in [0.717, 1.165) is 48.1 Å². The molecular weight excluding hydrogens is 522 g/mol. The van der Waals surface area contributed by atoms with Gasteiger partial charge in [-0.3, -0.25) is 9.59 Å². The Kier molecular flexibility index (Phi) is 9.43. The van der Waals surface area contributed by atoms with Gasteiger partial charge in [0.1, 0.15) is 5.75 Å². The molecule has 2 unspecified atom stereocenters. The number of carbonyl (C=O) groups is 2. The van der Waals surface area contributed by atoms with Crippen molar-refractivity contribution in [3.05, 3.63) is 106 Å². The van der Waals surface area contributed by atoms with E-state index in [-0.39, 0.29) is 23.9 Å². The van der Waals surface area contributed by atoms with Crippen LogP contribution in [0.1, 0.15) is 47.6 Å². The number of ether oxygens (including phenoxy) is 1. The molecule has 0 radical (unpaired) electrons. The molecule has 0 spiro atoms. The van der Waals surface area contributed by atoms with Gasteiger partial charge in [-0.1, -0.05) is 60.7 Å². The fourth-order valence-electron chi connectivity index (χ4n) is 6.02. The molecule has 2 aliphatic rings. The van der Waals surface area contributed by atoms with Crippen molar-refractivity contribution in [3.8, 4) is 5.75 Å². The van der Waals surface area contributed by atoms with Gasteiger partial charge in [-0.15, -0.1) is 0 Å². The summed E-state index contributed by atoms with van der Waals surface area (Å²) < 4.78 is 5.98. The molecule has 2 heterocycles. The number of benzene rings is 3. The van der Waals surface area contributed by atoms with Gasteiger partial charge in [0.15, 0.2) is 0 Å². The fourth-order valence-corrected chi connectivity index (χ4v) is 6.02. The smallest absolute Gasteiger partial charge is 0.251 e. The van der Waals surface area contributed by atoms with E-state index in [9.17, 15) is 9.59 Å². The summed E-state index contributed by atoms with van der Waals surface area (Å²) in [5.74, 6) is 1.02. The van der Waals surface area contributed by atoms with Crippen LogP contribution in [0.5, 0.6) is 5.75 Å². The number of amides is 2. The summed E-state index contributed by atoms with van der Waals surface area (Å²) in [5.41, 5.74) is 7.98. The van der Waals surface area contributed by atoms with E-state index in [2.05, 4.69) is 67.7 Å². The predicted octanol–water partition coefficient (Wildman–Crippen LogP) is 5.36. The normalized spacial score (nSPS) is 18.1. The molecule has 1 N–H and O–H groups in total. The van der Waals surface area contributed by atoms with Crippen LogP contribution in [0.2, 0.25) is 0 Å². The molecule has 0 saturated carbocycles. The molecule has 6 nitrogen and oxygen atoms in total. The van der Waals surface area contributed by atoms with Crippen molar-refractivity contribution in [2.75, 3.05) is 33.3 Å². The molecule has 42 heavy (non-hydrogen) atoms. The molecular formula is C36H43N3O3. The molecule has 2 bridgehead atoms. The first-order chi connectivity index (χ1) is 20.3. The average molecular weight is 566 g/mol. The van der Waals surface area contributed by atoms with Crippen LogP contribution in [0.25, 0.3) is 5.57 Å². The minimum absolute atomic E-state index is 0.0369. The second kappa shape index (κ2) is 13.4. The van der Waals surface area contributed by atoms with Crippen LogP contribution in [-0.4, -0.2) is 67.0 Å². The van der Waals surface area contributed by atoms with E-state index < -0.39 is 0 Å². The Morgan fingerprint density at radius 2 is 1.67 bits per heavy atom. The third kappa shape index (κ3) is 7.11. The van der Waals surface area contributed by atoms with Gasteiger partial charge in [0, 0.05) is 45.2 Å². The lowest BCUT2D eigenvalue weighted by Gasteiger charge is -2.44. The second-order valence-electron chi connectivity index (χ2n) is 11.8. The lowest BCUT2D eigenvalue weighted by atomic mass is 9.82. The summed E-state index contributed by atoms with van der Waals surface area (Å²) in [4.78, 5) is 30.0. The summed E-state index contributed by atoms with van der Waals surface area (Å²) in [7, 11) is 1.89. The highest BCUT2D eigenvalue weighted by Gasteiger charge is 2.39. The standard InChI is InChI=1S/C36H43N3O3/c1-25-12-17-32(21-26(25)2)42-20-8-11-29-13-15-30(16-14-29)33-22-31-23-39(27(3)40)24-34(37-31)35(33)36(41)38(4)19-18-28-9-6-5-7-10-28/h5-7,9-10,12-17,21,31,34,37H,8,11,18-20,22-24H2,1-4H3. The lowest BCUT2D eigenvalue weighted by molar-refractivity contribution is -0.132. The highest BCUT2D eigenvalue weighted by Crippen LogP contribution is 2.34. The number of piperazine rings is 1. The number of hydrogen-bond acceptors (Lipinski definition) is 4. The van der Waals surface area contributed by atoms with Gasteiger partial charge in [0.05, 0.1) is 12.6 Å². The summed E-state index contributed by atoms with van der Waals surface area (Å²) in [6.45, 7) is 8.32. The van der Waals surface area contributed by atoms with Crippen molar-refractivity contribution < 1.29 is 14.3 Å². The van der Waals surface area contributed by atoms with Crippen molar-refractivity contribution in [3.63, 3.8) is 0 Å². The van der Waals surface area contributed by atoms with Gasteiger partial charge < -0.3 is 19.9 Å². The first kappa shape index (κ1) is 29.6. The van der Waals surface area contributed by atoms with Crippen molar-refractivity contribution in [2.24, 2.45) is 0 Å². The van der Waals surface area contributed by atoms with Crippen LogP contribution in [0.3, 0.4) is 0 Å². The number of carbonyl (C=O) groups excluding carboxylic acids is 2. The van der Waals surface area contributed by atoms with Crippen LogP contribution in [-0.2, 0) is 22.4 Å². The van der Waals surface area contributed by atoms with E-state index >= 15 is 0 Å². The van der Waals surface area contributed by atoms with E-state index in [4.69, 9.17) is 4.74 Å². The number of fused-ring (bicyclic) bond motifs is 2. The number of rotatable bonds is 10. The quantitative estimate of drug-likeness (QED) is 0.336. The number of hydrogen-bond donors (Lipinski definition) is 1. The zero-order valence-electron chi connectivity index (χ0n) is 25.4. The van der Waals surface area contributed by atoms with Crippen molar-refractivity contribution in [2.45, 2.75) is 58.5 Å². The third-order valence-corrected chi connectivity index (χ3v) is 8.67. The zero-order chi connectivity index (χ0) is 29.6. The maximum absolute atomic E-state index is 14.0. The predicted molar refractivity (Wildman–Crippen MR) is 168 cm³/mol. The third-order valence-electron chi connectivity index (χ3n) is 8.67. The van der Waals surface area contributed by atoms with Gasteiger partial charge in [-0.25, -0.2) is 0 Å². The summed E-state index contributed by atoms with van der Waals surface area (Å²) in [6.07, 6.45) is 3.38. The topological polar surface area (TPSA) is 61.9 Å². The van der Waals surface area contributed by atoms with E-state index in [1.165, 1.54) is 22.3 Å². The van der Waals surface area contributed by atoms with Gasteiger partial charge in [0.25, 0.3) is 5.91 Å². The Hall–Kier alpha value is -3.90. The SMILES string of the molecule is CC(=O)N1CC2CC(c3ccc(CCCOc4ccc(C)c(C)c4)cc3)=C(C(=O)N(C)CCc3ccccc3)C(C1)N2. The molecule has 0 aliphatic carbocycles. The zero-order valence-corrected chi connectivity index (χ0v) is 25.4. The molecule has 2 aliphatic heterocycles. The minimum Gasteiger partial charge on any atom is -0.494 e. The van der Waals surface area contributed by atoms with E-state index in [0.29, 0.717) is 26.2 Å². The highest BCUT2D eigenvalue weighted by atomic mass is 16.5. The van der Waals surface area contributed by atoms with Crippen molar-refractivity contribution in [1.82, 2.24) is 15.1 Å². The maximum Gasteiger partial charge on any atom is 0.251 e. The van der Waals surface area contributed by atoms with Crippen molar-refractivity contribution in [1.29, 1.82) is 0 Å². The van der Waals surface area contributed by atoms with Crippen LogP contribution >= 0.6 is 0 Å². The number of likely N-dealkylation sites (N-methyl/N-ethyl adjacent to an activating group) is 1. The largest absolute Gasteiger partial charge is 0.494 e. The Balaban J connectivity index is 1.29. The Morgan fingerprint density at radius 3 is 2.38 bits per heavy atom. The van der Waals surface area contributed by atoms with Crippen molar-refractivity contribution >= 4 is 17.4 Å². The molecule has 3 aromatic rings. The van der Waals surface area contributed by atoms with Crippen LogP contribution in [0, 0.1) is 13.8 Å². The highest BCUT2D eigenvalue weighted by molar-refractivity contribution is 6.03. The van der Waals surface area contributed by atoms with Gasteiger partial charge >= 0.3 is 0 Å². The Morgan fingerprint density at radius 1 is 0.929 bits per heavy atom. The molecule has 6 heteroatoms. The molecule has 2 amide bonds. The first-order valence-corrected chi connectivity index (χ1v) is 15.1. The summed E-state index contributed by atoms with van der Waals surface area (Å²) in [5, 5.41) is 3.65. The summed E-state index contributed by atoms with van der Waals surface area (Å²) >= 11 is 0. The molecule has 2 atom stereocenters. The van der Waals surface area contributed by atoms with Crippen LogP contribution < -0.4 is 10.1 Å². The molecule has 0 aromatic heterocycles. The Labute approximate surface area is 250 Å². The van der Waals surface area contributed by atoms with Gasteiger partial charge in [-0.05, 0) is 85.1 Å². The minimum atomic E-state index is -0.176. The molecule has 3 aromatic carbocycles. The molecule has 1 saturated heterocycles. The number of nitrogens with one attached hydrogen (secondary N) is 1. The second-order valence-corrected chi connectivity index (χ2v) is 11.8. The summed E-state index contributed by atoms with van der Waals surface area (Å²) in [6, 6.07) is 25.1. The average Bonchev–Trinajstić information content (AvgIpc) is 3.00. The Bertz CT molecular complexity index is 1430. The monoisotopic (exact) mass is 565 g/mol. The van der Waals surface area contributed by atoms with E-state index in [1.54, 1.807) is 6.92 Å². The molecule has 1 fully saturated rings. The number of aryl methyl sites for hydroxylation is 3. The van der Waals surface area contributed by atoms with Gasteiger partial charge in [-0.2, -0.15) is 0 Å². The fraction of sp³-hybridized carbons (Fsp3) is 0.389. The maximum atomic E-state index is 14.0. The molecule has 220 valence electrons. The molecule has 5 rings (SSSR count).